The van der Waals surface area contributed by atoms with Crippen molar-refractivity contribution < 1.29 is 9.53 Å². The van der Waals surface area contributed by atoms with E-state index in [0.717, 1.165) is 53.4 Å². The number of nitrogens with one attached hydrogen (secondary N) is 1. The van der Waals surface area contributed by atoms with Crippen molar-refractivity contribution in [1.29, 1.82) is 0 Å². The summed E-state index contributed by atoms with van der Waals surface area (Å²) in [4.78, 5) is 12.8. The van der Waals surface area contributed by atoms with Gasteiger partial charge in [-0.05, 0) is 38.1 Å². The number of rotatable bonds is 6. The smallest absolute Gasteiger partial charge is 0.237 e. The highest BCUT2D eigenvalue weighted by Gasteiger charge is 2.23. The molecule has 4 rings (SSSR count). The Morgan fingerprint density at radius 2 is 2.11 bits per heavy atom. The lowest BCUT2D eigenvalue weighted by Crippen LogP contribution is -2.23. The quantitative estimate of drug-likeness (QED) is 0.637. The van der Waals surface area contributed by atoms with Crippen LogP contribution in [0, 0.1) is 6.92 Å². The Labute approximate surface area is 168 Å². The third kappa shape index (κ3) is 4.05. The van der Waals surface area contributed by atoms with Crippen molar-refractivity contribution in [2.24, 2.45) is 0 Å². The van der Waals surface area contributed by atoms with Crippen LogP contribution >= 0.6 is 11.8 Å². The van der Waals surface area contributed by atoms with Crippen LogP contribution in [0.15, 0.2) is 47.6 Å². The number of aromatic nitrogens is 3. The van der Waals surface area contributed by atoms with Crippen LogP contribution in [0.1, 0.15) is 25.6 Å². The zero-order chi connectivity index (χ0) is 19.5. The fourth-order valence-corrected chi connectivity index (χ4v) is 4.34. The molecule has 1 fully saturated rings. The monoisotopic (exact) mass is 396 g/mol. The number of carbonyl (C=O) groups excluding carboxylic acids is 1. The van der Waals surface area contributed by atoms with Crippen molar-refractivity contribution in [2.45, 2.75) is 49.7 Å². The molecule has 3 aromatic rings. The van der Waals surface area contributed by atoms with Gasteiger partial charge in [0.2, 0.25) is 5.91 Å². The largest absolute Gasteiger partial charge is 0.376 e. The Bertz CT molecular complexity index is 976. The first-order valence-corrected chi connectivity index (χ1v) is 10.5. The minimum Gasteiger partial charge on any atom is -0.376 e. The first-order chi connectivity index (χ1) is 13.6. The number of anilines is 1. The van der Waals surface area contributed by atoms with Gasteiger partial charge in [-0.3, -0.25) is 4.79 Å². The molecule has 2 heterocycles. The second-order valence-corrected chi connectivity index (χ2v) is 8.36. The molecule has 2 atom stereocenters. The van der Waals surface area contributed by atoms with E-state index in [-0.39, 0.29) is 17.3 Å². The Kier molecular flexibility index (Phi) is 5.64. The number of hydrogen-bond acceptors (Lipinski definition) is 5. The molecule has 1 aliphatic rings. The van der Waals surface area contributed by atoms with Gasteiger partial charge in [0.1, 0.15) is 5.82 Å². The van der Waals surface area contributed by atoms with E-state index >= 15 is 0 Å². The van der Waals surface area contributed by atoms with Gasteiger partial charge in [0.05, 0.1) is 17.9 Å². The van der Waals surface area contributed by atoms with Crippen molar-refractivity contribution in [1.82, 2.24) is 14.8 Å². The molecule has 28 heavy (non-hydrogen) atoms. The summed E-state index contributed by atoms with van der Waals surface area (Å²) in [6.07, 6.45) is 2.35. The van der Waals surface area contributed by atoms with E-state index in [1.54, 1.807) is 0 Å². The maximum atomic E-state index is 12.8. The molecule has 2 aromatic carbocycles. The van der Waals surface area contributed by atoms with E-state index in [0.29, 0.717) is 0 Å². The standard InChI is InChI=1S/C21H24N4O2S/c1-14(20(26)22-19-11-5-8-16-7-3-4-10-18(16)19)28-21-24-23-15(2)25(21)13-17-9-6-12-27-17/h3-5,7-8,10-11,14,17H,6,9,12-13H2,1-2H3,(H,22,26)/t14-,17+/m1/s1. The van der Waals surface area contributed by atoms with Crippen LogP contribution in [-0.2, 0) is 16.1 Å². The van der Waals surface area contributed by atoms with E-state index in [1.807, 2.05) is 56.3 Å². The number of benzene rings is 2. The third-order valence-electron chi connectivity index (χ3n) is 5.01. The number of thioether (sulfide) groups is 1. The molecule has 6 nitrogen and oxygen atoms in total. The molecule has 146 valence electrons. The maximum Gasteiger partial charge on any atom is 0.237 e. The summed E-state index contributed by atoms with van der Waals surface area (Å²) in [6, 6.07) is 14.0. The van der Waals surface area contributed by atoms with Crippen LogP contribution in [0.5, 0.6) is 0 Å². The molecule has 1 amide bonds. The van der Waals surface area contributed by atoms with Crippen LogP contribution in [0.2, 0.25) is 0 Å². The SMILES string of the molecule is Cc1nnc(S[C@H](C)C(=O)Nc2cccc3ccccc23)n1C[C@@H]1CCCO1. The molecule has 1 aromatic heterocycles. The lowest BCUT2D eigenvalue weighted by Gasteiger charge is -2.16. The molecular weight excluding hydrogens is 372 g/mol. The van der Waals surface area contributed by atoms with Crippen molar-refractivity contribution >= 4 is 34.1 Å². The normalized spacial score (nSPS) is 17.7. The zero-order valence-electron chi connectivity index (χ0n) is 16.1. The number of nitrogens with zero attached hydrogens (tertiary/aromatic N) is 3. The van der Waals surface area contributed by atoms with E-state index in [9.17, 15) is 4.79 Å². The second kappa shape index (κ2) is 8.32. The average Bonchev–Trinajstić information content (AvgIpc) is 3.34. The number of hydrogen-bond donors (Lipinski definition) is 1. The van der Waals surface area contributed by atoms with Crippen molar-refractivity contribution in [3.8, 4) is 0 Å². The molecule has 1 aliphatic heterocycles. The summed E-state index contributed by atoms with van der Waals surface area (Å²) in [5.74, 6) is 0.797. The van der Waals surface area contributed by atoms with Gasteiger partial charge in [0.25, 0.3) is 0 Å². The summed E-state index contributed by atoms with van der Waals surface area (Å²) in [7, 11) is 0. The summed E-state index contributed by atoms with van der Waals surface area (Å²) < 4.78 is 7.80. The molecule has 0 radical (unpaired) electrons. The van der Waals surface area contributed by atoms with Gasteiger partial charge >= 0.3 is 0 Å². The van der Waals surface area contributed by atoms with Gasteiger partial charge < -0.3 is 14.6 Å². The Hall–Kier alpha value is -2.38. The number of aryl methyl sites for hydroxylation is 1. The Morgan fingerprint density at radius 3 is 2.93 bits per heavy atom. The van der Waals surface area contributed by atoms with Gasteiger partial charge in [-0.2, -0.15) is 0 Å². The molecule has 0 unspecified atom stereocenters. The molecule has 0 aliphatic carbocycles. The first-order valence-electron chi connectivity index (χ1n) is 9.58. The van der Waals surface area contributed by atoms with Gasteiger partial charge in [0.15, 0.2) is 5.16 Å². The van der Waals surface area contributed by atoms with Crippen molar-refractivity contribution in [3.63, 3.8) is 0 Å². The lowest BCUT2D eigenvalue weighted by molar-refractivity contribution is -0.115. The predicted molar refractivity (Wildman–Crippen MR) is 112 cm³/mol. The molecular formula is C21H24N4O2S. The molecule has 0 saturated carbocycles. The number of carbonyl (C=O) groups is 1. The van der Waals surface area contributed by atoms with E-state index in [4.69, 9.17) is 4.74 Å². The van der Waals surface area contributed by atoms with Crippen molar-refractivity contribution in [2.75, 3.05) is 11.9 Å². The highest BCUT2D eigenvalue weighted by molar-refractivity contribution is 8.00. The fraction of sp³-hybridized carbons (Fsp3) is 0.381. The second-order valence-electron chi connectivity index (χ2n) is 7.05. The number of amides is 1. The summed E-state index contributed by atoms with van der Waals surface area (Å²) in [5.41, 5.74) is 0.826. The van der Waals surface area contributed by atoms with Crippen molar-refractivity contribution in [3.05, 3.63) is 48.3 Å². The van der Waals surface area contributed by atoms with Gasteiger partial charge in [0, 0.05) is 17.7 Å². The summed E-state index contributed by atoms with van der Waals surface area (Å²) >= 11 is 1.43. The molecule has 1 N–H and O–H groups in total. The predicted octanol–water partition coefficient (Wildman–Crippen LogP) is 4.04. The molecule has 1 saturated heterocycles. The van der Waals surface area contributed by atoms with Crippen LogP contribution in [0.3, 0.4) is 0 Å². The first kappa shape index (κ1) is 19.0. The zero-order valence-corrected chi connectivity index (χ0v) is 16.9. The van der Waals surface area contributed by atoms with Gasteiger partial charge in [-0.15, -0.1) is 10.2 Å². The average molecular weight is 397 g/mol. The van der Waals surface area contributed by atoms with E-state index in [1.165, 1.54) is 11.8 Å². The van der Waals surface area contributed by atoms with E-state index < -0.39 is 0 Å². The number of ether oxygens (including phenoxy) is 1. The highest BCUT2D eigenvalue weighted by atomic mass is 32.2. The topological polar surface area (TPSA) is 69.0 Å². The van der Waals surface area contributed by atoms with Gasteiger partial charge in [-0.1, -0.05) is 48.2 Å². The fourth-order valence-electron chi connectivity index (χ4n) is 3.43. The van der Waals surface area contributed by atoms with Crippen LogP contribution < -0.4 is 5.32 Å². The van der Waals surface area contributed by atoms with Crippen LogP contribution in [0.25, 0.3) is 10.8 Å². The summed E-state index contributed by atoms with van der Waals surface area (Å²) in [5, 5.41) is 14.1. The Morgan fingerprint density at radius 1 is 1.29 bits per heavy atom. The van der Waals surface area contributed by atoms with E-state index in [2.05, 4.69) is 20.1 Å². The van der Waals surface area contributed by atoms with Gasteiger partial charge in [-0.25, -0.2) is 0 Å². The maximum absolute atomic E-state index is 12.8. The third-order valence-corrected chi connectivity index (χ3v) is 6.09. The lowest BCUT2D eigenvalue weighted by atomic mass is 10.1. The Balaban J connectivity index is 1.46. The van der Waals surface area contributed by atoms with Crippen LogP contribution in [0.4, 0.5) is 5.69 Å². The molecule has 0 bridgehead atoms. The molecule has 0 spiro atoms. The van der Waals surface area contributed by atoms with Crippen LogP contribution in [-0.4, -0.2) is 38.6 Å². The minimum atomic E-state index is -0.300. The highest BCUT2D eigenvalue weighted by Crippen LogP contribution is 2.27. The molecule has 7 heteroatoms. The summed E-state index contributed by atoms with van der Waals surface area (Å²) in [6.45, 7) is 5.38. The minimum absolute atomic E-state index is 0.0503. The number of fused-ring (bicyclic) bond motifs is 1.